The number of para-hydroxylation sites is 1. The number of rotatable bonds is 5. The topological polar surface area (TPSA) is 46.6 Å². The van der Waals surface area contributed by atoms with E-state index in [1.807, 2.05) is 24.3 Å². The van der Waals surface area contributed by atoms with Crippen molar-refractivity contribution in [2.24, 2.45) is 0 Å². The standard InChI is InChI=1S/C24H20FNO3/c25-20-11-7-18(8-12-20)24(28)19-9-13-21(14-10-19)29-16-23(27)26-15-3-5-17-4-1-2-6-22(17)26/h1-2,4,6-14H,3,5,15-16H2. The number of hydrogen-bond acceptors (Lipinski definition) is 3. The summed E-state index contributed by atoms with van der Waals surface area (Å²) in [7, 11) is 0. The molecule has 0 aromatic heterocycles. The molecule has 1 amide bonds. The van der Waals surface area contributed by atoms with Crippen molar-refractivity contribution in [2.45, 2.75) is 12.8 Å². The monoisotopic (exact) mass is 389 g/mol. The Bertz CT molecular complexity index is 1030. The summed E-state index contributed by atoms with van der Waals surface area (Å²) in [5.74, 6) is -0.160. The zero-order valence-electron chi connectivity index (χ0n) is 15.8. The fourth-order valence-corrected chi connectivity index (χ4v) is 3.49. The average molecular weight is 389 g/mol. The van der Waals surface area contributed by atoms with Gasteiger partial charge in [-0.25, -0.2) is 4.39 Å². The van der Waals surface area contributed by atoms with Gasteiger partial charge in [0.1, 0.15) is 11.6 Å². The Balaban J connectivity index is 1.39. The highest BCUT2D eigenvalue weighted by molar-refractivity contribution is 6.09. The molecule has 0 spiro atoms. The second-order valence-electron chi connectivity index (χ2n) is 6.93. The van der Waals surface area contributed by atoms with Crippen molar-refractivity contribution in [3.05, 3.63) is 95.3 Å². The van der Waals surface area contributed by atoms with Gasteiger partial charge in [0.15, 0.2) is 12.4 Å². The predicted molar refractivity (Wildman–Crippen MR) is 109 cm³/mol. The lowest BCUT2D eigenvalue weighted by molar-refractivity contribution is -0.120. The number of benzene rings is 3. The Hall–Kier alpha value is -3.47. The lowest BCUT2D eigenvalue weighted by Gasteiger charge is -2.29. The number of nitrogens with zero attached hydrogens (tertiary/aromatic N) is 1. The van der Waals surface area contributed by atoms with Crippen LogP contribution in [-0.4, -0.2) is 24.8 Å². The first-order chi connectivity index (χ1) is 14.1. The van der Waals surface area contributed by atoms with Crippen LogP contribution in [0.25, 0.3) is 0 Å². The molecule has 0 saturated carbocycles. The molecule has 1 heterocycles. The molecule has 3 aromatic carbocycles. The van der Waals surface area contributed by atoms with Gasteiger partial charge in [-0.2, -0.15) is 0 Å². The highest BCUT2D eigenvalue weighted by Gasteiger charge is 2.22. The van der Waals surface area contributed by atoms with E-state index in [9.17, 15) is 14.0 Å². The molecule has 4 rings (SSSR count). The van der Waals surface area contributed by atoms with Crippen LogP contribution in [0.5, 0.6) is 5.75 Å². The van der Waals surface area contributed by atoms with Crippen molar-refractivity contribution in [3.63, 3.8) is 0 Å². The van der Waals surface area contributed by atoms with Gasteiger partial charge in [-0.15, -0.1) is 0 Å². The average Bonchev–Trinajstić information content (AvgIpc) is 2.77. The Labute approximate surface area is 168 Å². The molecule has 0 bridgehead atoms. The van der Waals surface area contributed by atoms with E-state index in [1.54, 1.807) is 29.2 Å². The molecule has 0 N–H and O–H groups in total. The Morgan fingerprint density at radius 2 is 1.55 bits per heavy atom. The SMILES string of the molecule is O=C(c1ccc(F)cc1)c1ccc(OCC(=O)N2CCCc3ccccc32)cc1. The maximum Gasteiger partial charge on any atom is 0.264 e. The summed E-state index contributed by atoms with van der Waals surface area (Å²) in [6.07, 6.45) is 1.91. The van der Waals surface area contributed by atoms with Crippen molar-refractivity contribution >= 4 is 17.4 Å². The molecule has 5 heteroatoms. The number of fused-ring (bicyclic) bond motifs is 1. The second-order valence-corrected chi connectivity index (χ2v) is 6.93. The van der Waals surface area contributed by atoms with E-state index in [0.29, 0.717) is 23.4 Å². The maximum atomic E-state index is 13.0. The number of amides is 1. The fourth-order valence-electron chi connectivity index (χ4n) is 3.49. The third kappa shape index (κ3) is 4.19. The van der Waals surface area contributed by atoms with Gasteiger partial charge in [-0.1, -0.05) is 18.2 Å². The van der Waals surface area contributed by atoms with E-state index in [1.165, 1.54) is 29.8 Å². The number of ketones is 1. The van der Waals surface area contributed by atoms with Crippen LogP contribution < -0.4 is 9.64 Å². The molecule has 1 aliphatic rings. The molecule has 0 fully saturated rings. The first kappa shape index (κ1) is 18.9. The van der Waals surface area contributed by atoms with Crippen molar-refractivity contribution in [1.82, 2.24) is 0 Å². The molecular weight excluding hydrogens is 369 g/mol. The van der Waals surface area contributed by atoms with Crippen LogP contribution in [0.15, 0.2) is 72.8 Å². The molecular formula is C24H20FNO3. The van der Waals surface area contributed by atoms with Crippen molar-refractivity contribution in [3.8, 4) is 5.75 Å². The second kappa shape index (κ2) is 8.27. The maximum absolute atomic E-state index is 13.0. The van der Waals surface area contributed by atoms with Gasteiger partial charge in [0.05, 0.1) is 0 Å². The Kier molecular flexibility index (Phi) is 5.38. The highest BCUT2D eigenvalue weighted by Crippen LogP contribution is 2.27. The number of ether oxygens (including phenoxy) is 1. The van der Waals surface area contributed by atoms with Crippen LogP contribution in [0.4, 0.5) is 10.1 Å². The molecule has 4 nitrogen and oxygen atoms in total. The first-order valence-corrected chi connectivity index (χ1v) is 9.53. The summed E-state index contributed by atoms with van der Waals surface area (Å²) in [5.41, 5.74) is 3.02. The minimum atomic E-state index is -0.383. The van der Waals surface area contributed by atoms with Crippen molar-refractivity contribution in [2.75, 3.05) is 18.1 Å². The van der Waals surface area contributed by atoms with Gasteiger partial charge < -0.3 is 9.64 Å². The van der Waals surface area contributed by atoms with Crippen LogP contribution >= 0.6 is 0 Å². The normalized spacial score (nSPS) is 12.9. The van der Waals surface area contributed by atoms with Gasteiger partial charge in [0.25, 0.3) is 5.91 Å². The summed E-state index contributed by atoms with van der Waals surface area (Å²) >= 11 is 0. The number of aryl methyl sites for hydroxylation is 1. The summed E-state index contributed by atoms with van der Waals surface area (Å²) in [6, 6.07) is 20.0. The van der Waals surface area contributed by atoms with Crippen LogP contribution in [0.3, 0.4) is 0 Å². The number of carbonyl (C=O) groups is 2. The number of anilines is 1. The van der Waals surface area contributed by atoms with Crippen molar-refractivity contribution in [1.29, 1.82) is 0 Å². The molecule has 1 aliphatic heterocycles. The first-order valence-electron chi connectivity index (χ1n) is 9.53. The molecule has 29 heavy (non-hydrogen) atoms. The van der Waals surface area contributed by atoms with Gasteiger partial charge in [-0.05, 0) is 73.0 Å². The third-order valence-electron chi connectivity index (χ3n) is 5.00. The zero-order valence-corrected chi connectivity index (χ0v) is 15.8. The smallest absolute Gasteiger partial charge is 0.264 e. The number of halogens is 1. The van der Waals surface area contributed by atoms with Gasteiger partial charge in [-0.3, -0.25) is 9.59 Å². The van der Waals surface area contributed by atoms with Crippen LogP contribution in [0.1, 0.15) is 27.9 Å². The number of carbonyl (C=O) groups excluding carboxylic acids is 2. The Morgan fingerprint density at radius 3 is 2.28 bits per heavy atom. The summed E-state index contributed by atoms with van der Waals surface area (Å²) < 4.78 is 18.7. The Morgan fingerprint density at radius 1 is 0.897 bits per heavy atom. The molecule has 0 saturated heterocycles. The summed E-state index contributed by atoms with van der Waals surface area (Å²) in [4.78, 5) is 26.8. The lowest BCUT2D eigenvalue weighted by atomic mass is 10.0. The molecule has 0 radical (unpaired) electrons. The van der Waals surface area contributed by atoms with E-state index in [-0.39, 0.29) is 24.1 Å². The molecule has 0 unspecified atom stereocenters. The van der Waals surface area contributed by atoms with E-state index < -0.39 is 0 Å². The zero-order chi connectivity index (χ0) is 20.2. The lowest BCUT2D eigenvalue weighted by Crippen LogP contribution is -2.38. The number of hydrogen-bond donors (Lipinski definition) is 0. The summed E-state index contributed by atoms with van der Waals surface area (Å²) in [6.45, 7) is 0.615. The highest BCUT2D eigenvalue weighted by atomic mass is 19.1. The van der Waals surface area contributed by atoms with E-state index >= 15 is 0 Å². The molecule has 0 aliphatic carbocycles. The molecule has 3 aromatic rings. The van der Waals surface area contributed by atoms with Crippen LogP contribution in [0, 0.1) is 5.82 Å². The van der Waals surface area contributed by atoms with Crippen LogP contribution in [-0.2, 0) is 11.2 Å². The van der Waals surface area contributed by atoms with E-state index in [2.05, 4.69) is 0 Å². The van der Waals surface area contributed by atoms with Gasteiger partial charge in [0, 0.05) is 23.4 Å². The minimum Gasteiger partial charge on any atom is -0.484 e. The van der Waals surface area contributed by atoms with Gasteiger partial charge >= 0.3 is 0 Å². The van der Waals surface area contributed by atoms with E-state index in [0.717, 1.165) is 18.5 Å². The third-order valence-corrected chi connectivity index (χ3v) is 5.00. The quantitative estimate of drug-likeness (QED) is 0.607. The van der Waals surface area contributed by atoms with Crippen molar-refractivity contribution < 1.29 is 18.7 Å². The summed E-state index contributed by atoms with van der Waals surface area (Å²) in [5, 5.41) is 0. The van der Waals surface area contributed by atoms with Crippen LogP contribution in [0.2, 0.25) is 0 Å². The molecule has 0 atom stereocenters. The minimum absolute atomic E-state index is 0.0699. The predicted octanol–water partition coefficient (Wildman–Crippen LogP) is 4.41. The van der Waals surface area contributed by atoms with E-state index in [4.69, 9.17) is 4.74 Å². The van der Waals surface area contributed by atoms with Gasteiger partial charge in [0.2, 0.25) is 0 Å². The largest absolute Gasteiger partial charge is 0.484 e. The fraction of sp³-hybridized carbons (Fsp3) is 0.167. The molecule has 146 valence electrons.